The number of alkyl halides is 3. The molecule has 1 saturated heterocycles. The maximum atomic E-state index is 12.9. The Morgan fingerprint density at radius 3 is 2.57 bits per heavy atom. The summed E-state index contributed by atoms with van der Waals surface area (Å²) in [5.41, 5.74) is -1.14. The van der Waals surface area contributed by atoms with E-state index in [1.807, 2.05) is 20.8 Å². The van der Waals surface area contributed by atoms with Crippen molar-refractivity contribution >= 4 is 6.09 Å². The van der Waals surface area contributed by atoms with Crippen LogP contribution in [-0.2, 0) is 22.3 Å². The molecular weight excluding hydrogens is 403 g/mol. The van der Waals surface area contributed by atoms with E-state index < -0.39 is 17.3 Å². The van der Waals surface area contributed by atoms with Gasteiger partial charge in [-0.05, 0) is 51.8 Å². The van der Waals surface area contributed by atoms with Crippen LogP contribution in [0.4, 0.5) is 18.0 Å². The van der Waals surface area contributed by atoms with Gasteiger partial charge in [0, 0.05) is 18.7 Å². The predicted octanol–water partition coefficient (Wildman–Crippen LogP) is 4.67. The maximum absolute atomic E-state index is 12.9. The topological polar surface area (TPSA) is 77.7 Å². The molecule has 1 aromatic heterocycles. The molecule has 0 N–H and O–H groups in total. The molecule has 30 heavy (non-hydrogen) atoms. The van der Waals surface area contributed by atoms with Crippen LogP contribution in [0, 0.1) is 0 Å². The third-order valence-corrected chi connectivity index (χ3v) is 4.45. The number of hydrogen-bond acceptors (Lipinski definition) is 6. The molecular formula is C20H24F3N3O4. The van der Waals surface area contributed by atoms with Crippen LogP contribution in [-0.4, -0.2) is 45.9 Å². The van der Waals surface area contributed by atoms with E-state index in [1.165, 1.54) is 12.1 Å². The van der Waals surface area contributed by atoms with Gasteiger partial charge in [0.1, 0.15) is 12.2 Å². The number of hydrogen-bond donors (Lipinski definition) is 0. The molecule has 164 valence electrons. The van der Waals surface area contributed by atoms with Gasteiger partial charge in [-0.15, -0.1) is 0 Å². The third kappa shape index (κ3) is 5.94. The van der Waals surface area contributed by atoms with Gasteiger partial charge in [0.25, 0.3) is 5.89 Å². The van der Waals surface area contributed by atoms with E-state index in [4.69, 9.17) is 14.0 Å². The fourth-order valence-electron chi connectivity index (χ4n) is 2.98. The molecule has 2 heterocycles. The van der Waals surface area contributed by atoms with Crippen molar-refractivity contribution in [3.8, 4) is 11.5 Å². The van der Waals surface area contributed by atoms with Crippen LogP contribution in [0.1, 0.15) is 45.0 Å². The summed E-state index contributed by atoms with van der Waals surface area (Å²) in [4.78, 5) is 17.8. The quantitative estimate of drug-likeness (QED) is 0.706. The molecule has 1 aliphatic rings. The van der Waals surface area contributed by atoms with Crippen molar-refractivity contribution in [1.29, 1.82) is 0 Å². The average molecular weight is 427 g/mol. The van der Waals surface area contributed by atoms with Crippen molar-refractivity contribution in [1.82, 2.24) is 15.0 Å². The minimum absolute atomic E-state index is 0.000514. The average Bonchev–Trinajstić information content (AvgIpc) is 3.14. The van der Waals surface area contributed by atoms with Gasteiger partial charge in [0.15, 0.2) is 5.82 Å². The van der Waals surface area contributed by atoms with E-state index in [2.05, 4.69) is 10.1 Å². The van der Waals surface area contributed by atoms with Gasteiger partial charge >= 0.3 is 12.3 Å². The molecule has 0 saturated carbocycles. The zero-order chi connectivity index (χ0) is 21.9. The number of carbonyl (C=O) groups excluding carboxylic acids is 1. The zero-order valence-electron chi connectivity index (χ0n) is 17.0. The second-order valence-electron chi connectivity index (χ2n) is 8.07. The van der Waals surface area contributed by atoms with Gasteiger partial charge in [0.2, 0.25) is 0 Å². The van der Waals surface area contributed by atoms with Crippen molar-refractivity contribution in [2.45, 2.75) is 58.1 Å². The fourth-order valence-corrected chi connectivity index (χ4v) is 2.98. The van der Waals surface area contributed by atoms with Gasteiger partial charge < -0.3 is 18.9 Å². The summed E-state index contributed by atoms with van der Waals surface area (Å²) in [6.07, 6.45) is -3.60. The molecule has 0 bridgehead atoms. The lowest BCUT2D eigenvalue weighted by atomic mass is 10.1. The lowest BCUT2D eigenvalue weighted by Gasteiger charge is -2.33. The van der Waals surface area contributed by atoms with Crippen LogP contribution < -0.4 is 0 Å². The minimum atomic E-state index is -4.45. The molecule has 0 radical (unpaired) electrons. The maximum Gasteiger partial charge on any atom is 0.416 e. The van der Waals surface area contributed by atoms with E-state index in [0.717, 1.165) is 12.1 Å². The Morgan fingerprint density at radius 1 is 1.23 bits per heavy atom. The van der Waals surface area contributed by atoms with Gasteiger partial charge in [-0.25, -0.2) is 4.79 Å². The Bertz CT molecular complexity index is 869. The number of halogens is 3. The SMILES string of the molecule is CC(C)(C)OC(=O)N1CCC(OCc2noc(-c3cccc(C(F)(F)F)c3)n2)CC1. The molecule has 0 atom stereocenters. The normalized spacial score (nSPS) is 16.0. The summed E-state index contributed by atoms with van der Waals surface area (Å²) in [5, 5.41) is 3.78. The molecule has 1 fully saturated rings. The fraction of sp³-hybridized carbons (Fsp3) is 0.550. The van der Waals surface area contributed by atoms with Crippen molar-refractivity contribution in [2.24, 2.45) is 0 Å². The number of aromatic nitrogens is 2. The summed E-state index contributed by atoms with van der Waals surface area (Å²) in [6.45, 7) is 6.56. The Labute approximate surface area is 172 Å². The van der Waals surface area contributed by atoms with Gasteiger partial charge in [-0.3, -0.25) is 0 Å². The standard InChI is InChI=1S/C20H24F3N3O4/c1-19(2,3)29-18(27)26-9-7-15(8-10-26)28-12-16-24-17(30-25-16)13-5-4-6-14(11-13)20(21,22)23/h4-6,11,15H,7-10,12H2,1-3H3. The Morgan fingerprint density at radius 2 is 1.93 bits per heavy atom. The van der Waals surface area contributed by atoms with Crippen LogP contribution in [0.5, 0.6) is 0 Å². The summed E-state index contributed by atoms with van der Waals surface area (Å²) < 4.78 is 54.8. The van der Waals surface area contributed by atoms with E-state index >= 15 is 0 Å². The minimum Gasteiger partial charge on any atom is -0.444 e. The van der Waals surface area contributed by atoms with Crippen molar-refractivity contribution in [3.63, 3.8) is 0 Å². The number of likely N-dealkylation sites (tertiary alicyclic amines) is 1. The van der Waals surface area contributed by atoms with Crippen molar-refractivity contribution < 1.29 is 32.0 Å². The first-order valence-electron chi connectivity index (χ1n) is 9.61. The number of benzene rings is 1. The van der Waals surface area contributed by atoms with Crippen LogP contribution in [0.2, 0.25) is 0 Å². The molecule has 0 spiro atoms. The van der Waals surface area contributed by atoms with E-state index in [0.29, 0.717) is 25.9 Å². The van der Waals surface area contributed by atoms with E-state index in [1.54, 1.807) is 4.90 Å². The van der Waals surface area contributed by atoms with Crippen molar-refractivity contribution in [3.05, 3.63) is 35.7 Å². The first-order valence-corrected chi connectivity index (χ1v) is 9.61. The second kappa shape index (κ2) is 8.63. The Kier molecular flexibility index (Phi) is 6.35. The number of nitrogens with zero attached hydrogens (tertiary/aromatic N) is 3. The molecule has 1 aromatic carbocycles. The van der Waals surface area contributed by atoms with Crippen molar-refractivity contribution in [2.75, 3.05) is 13.1 Å². The highest BCUT2D eigenvalue weighted by Gasteiger charge is 2.31. The van der Waals surface area contributed by atoms with Gasteiger partial charge in [0.05, 0.1) is 11.7 Å². The van der Waals surface area contributed by atoms with Crippen LogP contribution in [0.25, 0.3) is 11.5 Å². The molecule has 3 rings (SSSR count). The molecule has 1 amide bonds. The number of amides is 1. The molecule has 0 unspecified atom stereocenters. The third-order valence-electron chi connectivity index (χ3n) is 4.45. The molecule has 10 heteroatoms. The lowest BCUT2D eigenvalue weighted by Crippen LogP contribution is -2.43. The van der Waals surface area contributed by atoms with Crippen LogP contribution in [0.3, 0.4) is 0 Å². The summed E-state index contributed by atoms with van der Waals surface area (Å²) in [6, 6.07) is 4.70. The summed E-state index contributed by atoms with van der Waals surface area (Å²) >= 11 is 0. The summed E-state index contributed by atoms with van der Waals surface area (Å²) in [5.74, 6) is 0.247. The monoisotopic (exact) mass is 427 g/mol. The molecule has 7 nitrogen and oxygen atoms in total. The smallest absolute Gasteiger partial charge is 0.416 e. The summed E-state index contributed by atoms with van der Waals surface area (Å²) in [7, 11) is 0. The molecule has 0 aliphatic carbocycles. The van der Waals surface area contributed by atoms with E-state index in [-0.39, 0.29) is 36.1 Å². The Hall–Kier alpha value is -2.62. The van der Waals surface area contributed by atoms with E-state index in [9.17, 15) is 18.0 Å². The van der Waals surface area contributed by atoms with Crippen LogP contribution in [0.15, 0.2) is 28.8 Å². The largest absolute Gasteiger partial charge is 0.444 e. The van der Waals surface area contributed by atoms with Crippen LogP contribution >= 0.6 is 0 Å². The predicted molar refractivity (Wildman–Crippen MR) is 100 cm³/mol. The number of rotatable bonds is 4. The number of piperidine rings is 1. The zero-order valence-corrected chi connectivity index (χ0v) is 17.0. The van der Waals surface area contributed by atoms with Gasteiger partial charge in [-0.2, -0.15) is 18.2 Å². The molecule has 1 aliphatic heterocycles. The highest BCUT2D eigenvalue weighted by molar-refractivity contribution is 5.68. The van der Waals surface area contributed by atoms with Gasteiger partial charge in [-0.1, -0.05) is 11.2 Å². The first kappa shape index (κ1) is 22.1. The highest BCUT2D eigenvalue weighted by Crippen LogP contribution is 2.31. The highest BCUT2D eigenvalue weighted by atomic mass is 19.4. The first-order chi connectivity index (χ1) is 14.0. The number of carbonyl (C=O) groups is 1. The lowest BCUT2D eigenvalue weighted by molar-refractivity contribution is -0.137. The Balaban J connectivity index is 1.51. The molecule has 2 aromatic rings. The second-order valence-corrected chi connectivity index (χ2v) is 8.07. The number of ether oxygens (including phenoxy) is 2.